The number of nitrogens with zero attached hydrogens (tertiary/aromatic N) is 1. The van der Waals surface area contributed by atoms with Gasteiger partial charge in [-0.15, -0.1) is 0 Å². The van der Waals surface area contributed by atoms with Crippen molar-refractivity contribution in [3.63, 3.8) is 0 Å². The van der Waals surface area contributed by atoms with Gasteiger partial charge in [-0.1, -0.05) is 25.8 Å². The summed E-state index contributed by atoms with van der Waals surface area (Å²) in [5.74, 6) is -0.217. The second-order valence-electron chi connectivity index (χ2n) is 4.72. The number of hydrogen-bond donors (Lipinski definition) is 2. The highest BCUT2D eigenvalue weighted by Crippen LogP contribution is 2.18. The van der Waals surface area contributed by atoms with Crippen LogP contribution in [0.4, 0.5) is 0 Å². The first-order valence-corrected chi connectivity index (χ1v) is 7.07. The van der Waals surface area contributed by atoms with Gasteiger partial charge < -0.3 is 10.6 Å². The third-order valence-corrected chi connectivity index (χ3v) is 3.13. The van der Waals surface area contributed by atoms with Crippen LogP contribution in [0.25, 0.3) is 0 Å². The van der Waals surface area contributed by atoms with Crippen LogP contribution in [0.1, 0.15) is 50.6 Å². The monoisotopic (exact) mass is 277 g/mol. The van der Waals surface area contributed by atoms with Gasteiger partial charge in [0.1, 0.15) is 0 Å². The normalized spacial score (nSPS) is 11.7. The van der Waals surface area contributed by atoms with Gasteiger partial charge in [0.15, 0.2) is 0 Å². The Hall–Kier alpha value is -1.91. The Balaban J connectivity index is 2.56. The number of amides is 2. The lowest BCUT2D eigenvalue weighted by molar-refractivity contribution is -0.126. The van der Waals surface area contributed by atoms with Crippen molar-refractivity contribution in [1.29, 1.82) is 0 Å². The molecule has 110 valence electrons. The smallest absolute Gasteiger partial charge is 0.220 e. The molecule has 1 rings (SSSR count). The molecule has 1 heterocycles. The van der Waals surface area contributed by atoms with E-state index in [1.165, 1.54) is 0 Å². The van der Waals surface area contributed by atoms with Crippen LogP contribution in [-0.2, 0) is 9.59 Å². The van der Waals surface area contributed by atoms with Crippen molar-refractivity contribution in [3.05, 3.63) is 30.1 Å². The highest BCUT2D eigenvalue weighted by molar-refractivity contribution is 5.83. The number of aromatic nitrogens is 1. The van der Waals surface area contributed by atoms with Gasteiger partial charge in [0.05, 0.1) is 6.04 Å². The van der Waals surface area contributed by atoms with E-state index in [0.717, 1.165) is 24.8 Å². The van der Waals surface area contributed by atoms with Crippen molar-refractivity contribution in [2.24, 2.45) is 0 Å². The van der Waals surface area contributed by atoms with Gasteiger partial charge in [-0.3, -0.25) is 14.6 Å². The van der Waals surface area contributed by atoms with E-state index in [4.69, 9.17) is 0 Å². The number of rotatable bonds is 8. The minimum absolute atomic E-state index is 0.0270. The average molecular weight is 277 g/mol. The van der Waals surface area contributed by atoms with Crippen LogP contribution in [0.15, 0.2) is 24.5 Å². The van der Waals surface area contributed by atoms with E-state index in [2.05, 4.69) is 22.5 Å². The summed E-state index contributed by atoms with van der Waals surface area (Å²) in [4.78, 5) is 27.1. The van der Waals surface area contributed by atoms with Crippen molar-refractivity contribution >= 4 is 11.8 Å². The zero-order valence-electron chi connectivity index (χ0n) is 12.2. The first kappa shape index (κ1) is 16.1. The molecule has 1 aromatic heterocycles. The Labute approximate surface area is 120 Å². The third kappa shape index (κ3) is 5.82. The molecule has 5 nitrogen and oxygen atoms in total. The summed E-state index contributed by atoms with van der Waals surface area (Å²) in [6, 6.07) is 3.80. The molecule has 0 unspecified atom stereocenters. The SMILES string of the molecule is CCCC[C@@H](NC(=O)CCC(=O)NC)c1cccnc1. The Morgan fingerprint density at radius 3 is 2.65 bits per heavy atom. The number of hydrogen-bond acceptors (Lipinski definition) is 3. The molecule has 0 fully saturated rings. The number of carbonyl (C=O) groups is 2. The molecule has 20 heavy (non-hydrogen) atoms. The van der Waals surface area contributed by atoms with Crippen molar-refractivity contribution < 1.29 is 9.59 Å². The lowest BCUT2D eigenvalue weighted by atomic mass is 10.0. The largest absolute Gasteiger partial charge is 0.359 e. The van der Waals surface area contributed by atoms with Gasteiger partial charge >= 0.3 is 0 Å². The van der Waals surface area contributed by atoms with Crippen molar-refractivity contribution in [2.75, 3.05) is 7.05 Å². The molecule has 0 aliphatic carbocycles. The molecule has 0 saturated heterocycles. The molecular formula is C15H23N3O2. The molecule has 0 aromatic carbocycles. The zero-order valence-corrected chi connectivity index (χ0v) is 12.2. The highest BCUT2D eigenvalue weighted by Gasteiger charge is 2.14. The molecule has 0 bridgehead atoms. The first-order chi connectivity index (χ1) is 9.67. The summed E-state index contributed by atoms with van der Waals surface area (Å²) >= 11 is 0. The summed E-state index contributed by atoms with van der Waals surface area (Å²) in [5.41, 5.74) is 1.01. The van der Waals surface area contributed by atoms with Crippen molar-refractivity contribution in [3.8, 4) is 0 Å². The molecule has 2 N–H and O–H groups in total. The number of pyridine rings is 1. The Bertz CT molecular complexity index is 420. The molecule has 5 heteroatoms. The van der Waals surface area contributed by atoms with Crippen LogP contribution < -0.4 is 10.6 Å². The molecule has 2 amide bonds. The summed E-state index contributed by atoms with van der Waals surface area (Å²) in [6.07, 6.45) is 6.92. The van der Waals surface area contributed by atoms with E-state index >= 15 is 0 Å². The second kappa shape index (κ2) is 9.07. The second-order valence-corrected chi connectivity index (χ2v) is 4.72. The van der Waals surface area contributed by atoms with E-state index in [-0.39, 0.29) is 30.7 Å². The van der Waals surface area contributed by atoms with E-state index < -0.39 is 0 Å². The van der Waals surface area contributed by atoms with Gasteiger partial charge in [-0.05, 0) is 18.1 Å². The Kier molecular flexibility index (Phi) is 7.32. The summed E-state index contributed by atoms with van der Waals surface area (Å²) in [7, 11) is 1.57. The van der Waals surface area contributed by atoms with E-state index in [1.54, 1.807) is 19.4 Å². The molecule has 0 aliphatic heterocycles. The summed E-state index contributed by atoms with van der Waals surface area (Å²) < 4.78 is 0. The quantitative estimate of drug-likeness (QED) is 0.763. The van der Waals surface area contributed by atoms with Crippen molar-refractivity contribution in [1.82, 2.24) is 15.6 Å². The standard InChI is InChI=1S/C15H23N3O2/c1-3-4-7-13(12-6-5-10-17-11-12)18-15(20)9-8-14(19)16-2/h5-6,10-11,13H,3-4,7-9H2,1-2H3,(H,16,19)(H,18,20)/t13-/m1/s1. The van der Waals surface area contributed by atoms with Crippen LogP contribution >= 0.6 is 0 Å². The topological polar surface area (TPSA) is 71.1 Å². The fourth-order valence-electron chi connectivity index (χ4n) is 1.93. The number of nitrogens with one attached hydrogen (secondary N) is 2. The maximum Gasteiger partial charge on any atom is 0.220 e. The van der Waals surface area contributed by atoms with Gasteiger partial charge in [-0.25, -0.2) is 0 Å². The molecule has 1 aromatic rings. The molecule has 0 aliphatic rings. The predicted molar refractivity (Wildman–Crippen MR) is 77.9 cm³/mol. The lowest BCUT2D eigenvalue weighted by Crippen LogP contribution is -2.30. The van der Waals surface area contributed by atoms with E-state index in [1.807, 2.05) is 12.1 Å². The summed E-state index contributed by atoms with van der Waals surface area (Å²) in [5, 5.41) is 5.50. The minimum atomic E-state index is -0.119. The fourth-order valence-corrected chi connectivity index (χ4v) is 1.93. The highest BCUT2D eigenvalue weighted by atomic mass is 16.2. The molecular weight excluding hydrogens is 254 g/mol. The first-order valence-electron chi connectivity index (χ1n) is 7.07. The average Bonchev–Trinajstić information content (AvgIpc) is 2.49. The molecule has 0 spiro atoms. The fraction of sp³-hybridized carbons (Fsp3) is 0.533. The van der Waals surface area contributed by atoms with Crippen molar-refractivity contribution in [2.45, 2.75) is 45.1 Å². The van der Waals surface area contributed by atoms with Gasteiger partial charge in [0, 0.05) is 32.3 Å². The third-order valence-electron chi connectivity index (χ3n) is 3.13. The number of carbonyl (C=O) groups excluding carboxylic acids is 2. The van der Waals surface area contributed by atoms with Gasteiger partial charge in [0.25, 0.3) is 0 Å². The van der Waals surface area contributed by atoms with Crippen LogP contribution in [-0.4, -0.2) is 23.8 Å². The van der Waals surface area contributed by atoms with E-state index in [9.17, 15) is 9.59 Å². The van der Waals surface area contributed by atoms with E-state index in [0.29, 0.717) is 0 Å². The predicted octanol–water partition coefficient (Wildman–Crippen LogP) is 1.96. The van der Waals surface area contributed by atoms with Crippen LogP contribution in [0, 0.1) is 0 Å². The Morgan fingerprint density at radius 2 is 2.05 bits per heavy atom. The Morgan fingerprint density at radius 1 is 1.30 bits per heavy atom. The van der Waals surface area contributed by atoms with Gasteiger partial charge in [0.2, 0.25) is 11.8 Å². The van der Waals surface area contributed by atoms with Gasteiger partial charge in [-0.2, -0.15) is 0 Å². The minimum Gasteiger partial charge on any atom is -0.359 e. The molecule has 0 radical (unpaired) electrons. The number of unbranched alkanes of at least 4 members (excludes halogenated alkanes) is 1. The van der Waals surface area contributed by atoms with Crippen LogP contribution in [0.5, 0.6) is 0 Å². The lowest BCUT2D eigenvalue weighted by Gasteiger charge is -2.18. The maximum absolute atomic E-state index is 11.9. The summed E-state index contributed by atoms with van der Waals surface area (Å²) in [6.45, 7) is 2.12. The molecule has 1 atom stereocenters. The zero-order chi connectivity index (χ0) is 14.8. The van der Waals surface area contributed by atoms with Crippen LogP contribution in [0.2, 0.25) is 0 Å². The molecule has 0 saturated carbocycles. The maximum atomic E-state index is 11.9. The van der Waals surface area contributed by atoms with Crippen LogP contribution in [0.3, 0.4) is 0 Å².